The molecule has 0 aromatic heterocycles. The third kappa shape index (κ3) is 2.64. The third-order valence-electron chi connectivity index (χ3n) is 3.52. The molecule has 122 valence electrons. The summed E-state index contributed by atoms with van der Waals surface area (Å²) in [6, 6.07) is 7.60. The fourth-order valence-electron chi connectivity index (χ4n) is 2.46. The second-order valence-corrected chi connectivity index (χ2v) is 5.01. The highest BCUT2D eigenvalue weighted by Crippen LogP contribution is 2.37. The Bertz CT molecular complexity index is 933. The minimum atomic E-state index is -1.47. The van der Waals surface area contributed by atoms with Crippen molar-refractivity contribution in [3.63, 3.8) is 0 Å². The van der Waals surface area contributed by atoms with E-state index in [0.29, 0.717) is 24.3 Å². The lowest BCUT2D eigenvalue weighted by molar-refractivity contribution is 0.497. The zero-order chi connectivity index (χ0) is 17.4. The van der Waals surface area contributed by atoms with Crippen molar-refractivity contribution in [1.82, 2.24) is 0 Å². The molecule has 0 N–H and O–H groups in total. The van der Waals surface area contributed by atoms with Crippen molar-refractivity contribution in [2.24, 2.45) is 0 Å². The lowest BCUT2D eigenvalue weighted by Gasteiger charge is -2.13. The van der Waals surface area contributed by atoms with Crippen LogP contribution in [0.3, 0.4) is 0 Å². The molecule has 0 spiro atoms. The first-order valence-corrected chi connectivity index (χ1v) is 6.78. The van der Waals surface area contributed by atoms with E-state index in [9.17, 15) is 26.3 Å². The van der Waals surface area contributed by atoms with Gasteiger partial charge >= 0.3 is 0 Å². The van der Waals surface area contributed by atoms with E-state index >= 15 is 0 Å². The van der Waals surface area contributed by atoms with E-state index in [1.54, 1.807) is 0 Å². The van der Waals surface area contributed by atoms with Gasteiger partial charge in [0.1, 0.15) is 11.6 Å². The number of benzene rings is 3. The zero-order valence-electron chi connectivity index (χ0n) is 11.9. The van der Waals surface area contributed by atoms with E-state index in [4.69, 9.17) is 0 Å². The molecule has 0 aliphatic rings. The molecular weight excluding hydrogens is 330 g/mol. The quantitative estimate of drug-likeness (QED) is 0.406. The molecule has 0 radical (unpaired) electrons. The summed E-state index contributed by atoms with van der Waals surface area (Å²) in [4.78, 5) is 0. The fraction of sp³-hybridized carbons (Fsp3) is 0. The molecule has 0 unspecified atom stereocenters. The van der Waals surface area contributed by atoms with Crippen molar-refractivity contribution in [1.29, 1.82) is 0 Å². The Morgan fingerprint density at radius 3 is 1.83 bits per heavy atom. The largest absolute Gasteiger partial charge is 0.207 e. The molecule has 0 aliphatic carbocycles. The summed E-state index contributed by atoms with van der Waals surface area (Å²) in [6.07, 6.45) is 0. The predicted molar refractivity (Wildman–Crippen MR) is 77.1 cm³/mol. The normalized spacial score (nSPS) is 10.9. The molecule has 0 saturated carbocycles. The molecule has 0 bridgehead atoms. The topological polar surface area (TPSA) is 0 Å². The molecule has 6 heteroatoms. The Labute approximate surface area is 133 Å². The summed E-state index contributed by atoms with van der Waals surface area (Å²) < 4.78 is 82.5. The number of hydrogen-bond donors (Lipinski definition) is 0. The van der Waals surface area contributed by atoms with Crippen molar-refractivity contribution in [2.75, 3.05) is 0 Å². The minimum absolute atomic E-state index is 0.170. The van der Waals surface area contributed by atoms with Gasteiger partial charge in [-0.1, -0.05) is 24.3 Å². The van der Waals surface area contributed by atoms with Gasteiger partial charge in [0.15, 0.2) is 23.3 Å². The maximum atomic E-state index is 14.0. The standard InChI is InChI=1S/C18H8F6/c19-9-7-12(17(23)15(22)8-9)10-3-1-2-4-11(10)16-13(20)5-6-14(21)18(16)24/h1-8H. The molecule has 24 heavy (non-hydrogen) atoms. The Morgan fingerprint density at radius 2 is 1.12 bits per heavy atom. The van der Waals surface area contributed by atoms with Crippen molar-refractivity contribution in [3.05, 3.63) is 83.4 Å². The molecule has 0 atom stereocenters. The van der Waals surface area contributed by atoms with Crippen LogP contribution in [-0.2, 0) is 0 Å². The molecule has 3 aromatic carbocycles. The maximum Gasteiger partial charge on any atom is 0.169 e. The average molecular weight is 338 g/mol. The Morgan fingerprint density at radius 1 is 0.500 bits per heavy atom. The molecule has 0 nitrogen and oxygen atoms in total. The van der Waals surface area contributed by atoms with Crippen LogP contribution in [0.5, 0.6) is 0 Å². The molecule has 0 heterocycles. The van der Waals surface area contributed by atoms with Gasteiger partial charge in [-0.2, -0.15) is 0 Å². The first-order chi connectivity index (χ1) is 11.4. The van der Waals surface area contributed by atoms with Crippen LogP contribution in [0, 0.1) is 34.9 Å². The summed E-state index contributed by atoms with van der Waals surface area (Å²) in [5.41, 5.74) is -1.66. The fourth-order valence-corrected chi connectivity index (χ4v) is 2.46. The number of hydrogen-bond acceptors (Lipinski definition) is 0. The van der Waals surface area contributed by atoms with Crippen LogP contribution in [0.15, 0.2) is 48.5 Å². The van der Waals surface area contributed by atoms with Crippen molar-refractivity contribution in [2.45, 2.75) is 0 Å². The van der Waals surface area contributed by atoms with Crippen molar-refractivity contribution >= 4 is 0 Å². The van der Waals surface area contributed by atoms with Crippen LogP contribution in [0.1, 0.15) is 0 Å². The first kappa shape index (κ1) is 16.1. The molecule has 0 aliphatic heterocycles. The van der Waals surface area contributed by atoms with Gasteiger partial charge in [0.05, 0.1) is 5.56 Å². The van der Waals surface area contributed by atoms with Gasteiger partial charge in [-0.15, -0.1) is 0 Å². The lowest BCUT2D eigenvalue weighted by Crippen LogP contribution is -1.98. The summed E-state index contributed by atoms with van der Waals surface area (Å²) in [6.45, 7) is 0. The van der Waals surface area contributed by atoms with Gasteiger partial charge in [-0.25, -0.2) is 26.3 Å². The van der Waals surface area contributed by atoms with Gasteiger partial charge in [-0.3, -0.25) is 0 Å². The van der Waals surface area contributed by atoms with Crippen molar-refractivity contribution in [3.8, 4) is 22.3 Å². The summed E-state index contributed by atoms with van der Waals surface area (Å²) in [5, 5.41) is 0. The molecule has 0 saturated heterocycles. The molecule has 3 rings (SSSR count). The minimum Gasteiger partial charge on any atom is -0.207 e. The second kappa shape index (κ2) is 6.03. The Kier molecular flexibility index (Phi) is 4.05. The molecular formula is C18H8F6. The van der Waals surface area contributed by atoms with E-state index in [2.05, 4.69) is 0 Å². The van der Waals surface area contributed by atoms with Crippen LogP contribution in [0.25, 0.3) is 22.3 Å². The van der Waals surface area contributed by atoms with E-state index in [1.165, 1.54) is 24.3 Å². The smallest absolute Gasteiger partial charge is 0.169 e. The van der Waals surface area contributed by atoms with Crippen LogP contribution in [0.4, 0.5) is 26.3 Å². The second-order valence-electron chi connectivity index (χ2n) is 5.01. The van der Waals surface area contributed by atoms with Gasteiger partial charge in [0, 0.05) is 11.6 Å². The lowest BCUT2D eigenvalue weighted by atomic mass is 9.93. The van der Waals surface area contributed by atoms with Crippen molar-refractivity contribution < 1.29 is 26.3 Å². The maximum absolute atomic E-state index is 14.0. The molecule has 0 amide bonds. The molecule has 3 aromatic rings. The highest BCUT2D eigenvalue weighted by atomic mass is 19.2. The first-order valence-electron chi connectivity index (χ1n) is 6.78. The Hall–Kier alpha value is -2.76. The highest BCUT2D eigenvalue weighted by Gasteiger charge is 2.21. The number of rotatable bonds is 2. The molecule has 0 fully saturated rings. The number of halogens is 6. The summed E-state index contributed by atoms with van der Waals surface area (Å²) >= 11 is 0. The summed E-state index contributed by atoms with van der Waals surface area (Å²) in [5.74, 6) is -7.73. The highest BCUT2D eigenvalue weighted by molar-refractivity contribution is 5.84. The van der Waals surface area contributed by atoms with Crippen LogP contribution in [-0.4, -0.2) is 0 Å². The van der Waals surface area contributed by atoms with E-state index < -0.39 is 46.0 Å². The zero-order valence-corrected chi connectivity index (χ0v) is 11.9. The van der Waals surface area contributed by atoms with Gasteiger partial charge in [0.25, 0.3) is 0 Å². The van der Waals surface area contributed by atoms with E-state index in [-0.39, 0.29) is 11.1 Å². The van der Waals surface area contributed by atoms with Crippen LogP contribution >= 0.6 is 0 Å². The van der Waals surface area contributed by atoms with Gasteiger partial charge < -0.3 is 0 Å². The van der Waals surface area contributed by atoms with E-state index in [0.717, 1.165) is 0 Å². The average Bonchev–Trinajstić information content (AvgIpc) is 2.55. The van der Waals surface area contributed by atoms with Crippen LogP contribution < -0.4 is 0 Å². The van der Waals surface area contributed by atoms with Crippen LogP contribution in [0.2, 0.25) is 0 Å². The van der Waals surface area contributed by atoms with Gasteiger partial charge in [-0.05, 0) is 29.3 Å². The Balaban J connectivity index is 2.35. The predicted octanol–water partition coefficient (Wildman–Crippen LogP) is 5.86. The SMILES string of the molecule is Fc1cc(F)c(F)c(-c2ccccc2-c2c(F)ccc(F)c2F)c1. The summed E-state index contributed by atoms with van der Waals surface area (Å²) in [7, 11) is 0. The monoisotopic (exact) mass is 338 g/mol. The van der Waals surface area contributed by atoms with Gasteiger partial charge in [0.2, 0.25) is 0 Å². The third-order valence-corrected chi connectivity index (χ3v) is 3.52. The van der Waals surface area contributed by atoms with E-state index in [1.807, 2.05) is 0 Å².